The summed E-state index contributed by atoms with van der Waals surface area (Å²) < 4.78 is 5.30. The zero-order chi connectivity index (χ0) is 18.1. The molecular weight excluding hydrogens is 288 g/mol. The summed E-state index contributed by atoms with van der Waals surface area (Å²) in [6, 6.07) is 0. The number of alkyl carbamates (subject to hydrolysis) is 1. The lowest BCUT2D eigenvalue weighted by Crippen LogP contribution is -2.40. The van der Waals surface area contributed by atoms with Gasteiger partial charge in [-0.25, -0.2) is 4.79 Å². The molecule has 1 aliphatic carbocycles. The Morgan fingerprint density at radius 2 is 1.61 bits per heavy atom. The number of carbonyl (C=O) groups is 1. The summed E-state index contributed by atoms with van der Waals surface area (Å²) in [6.07, 6.45) is -0.326. The van der Waals surface area contributed by atoms with Gasteiger partial charge in [0.15, 0.2) is 0 Å². The van der Waals surface area contributed by atoms with Crippen molar-refractivity contribution < 1.29 is 9.53 Å². The van der Waals surface area contributed by atoms with E-state index in [2.05, 4.69) is 52.2 Å². The van der Waals surface area contributed by atoms with Gasteiger partial charge in [0.1, 0.15) is 5.60 Å². The number of ether oxygens (including phenoxy) is 1. The first kappa shape index (κ1) is 20.3. The Labute approximate surface area is 143 Å². The fourth-order valence-corrected chi connectivity index (χ4v) is 3.33. The summed E-state index contributed by atoms with van der Waals surface area (Å²) >= 11 is 0. The lowest BCUT2D eigenvalue weighted by Gasteiger charge is -2.24. The maximum Gasteiger partial charge on any atom is 0.407 e. The third kappa shape index (κ3) is 5.37. The van der Waals surface area contributed by atoms with Gasteiger partial charge >= 0.3 is 6.09 Å². The zero-order valence-electron chi connectivity index (χ0n) is 16.7. The third-order valence-electron chi connectivity index (χ3n) is 5.92. The Bertz CT molecular complexity index is 394. The van der Waals surface area contributed by atoms with Crippen molar-refractivity contribution in [2.45, 2.75) is 67.9 Å². The lowest BCUT2D eigenvalue weighted by molar-refractivity contribution is 0.0515. The first-order valence-electron chi connectivity index (χ1n) is 8.96. The smallest absolute Gasteiger partial charge is 0.407 e. The molecule has 0 aromatic carbocycles. The van der Waals surface area contributed by atoms with Gasteiger partial charge < -0.3 is 15.4 Å². The molecule has 1 aliphatic rings. The molecule has 1 rings (SSSR count). The van der Waals surface area contributed by atoms with Crippen molar-refractivity contribution in [3.63, 3.8) is 0 Å². The monoisotopic (exact) mass is 326 g/mol. The van der Waals surface area contributed by atoms with Crippen LogP contribution in [0.1, 0.15) is 62.3 Å². The highest BCUT2D eigenvalue weighted by Crippen LogP contribution is 2.67. The highest BCUT2D eigenvalue weighted by atomic mass is 16.6. The molecule has 1 fully saturated rings. The average molecular weight is 327 g/mol. The van der Waals surface area contributed by atoms with Gasteiger partial charge in [-0.05, 0) is 62.4 Å². The Morgan fingerprint density at radius 1 is 1.09 bits per heavy atom. The molecule has 1 saturated carbocycles. The summed E-state index contributed by atoms with van der Waals surface area (Å²) in [6.45, 7) is 22.1. The van der Waals surface area contributed by atoms with Crippen molar-refractivity contribution >= 4 is 6.09 Å². The van der Waals surface area contributed by atoms with Crippen LogP contribution in [0.2, 0.25) is 0 Å². The van der Waals surface area contributed by atoms with E-state index in [1.165, 1.54) is 0 Å². The Balaban J connectivity index is 2.35. The van der Waals surface area contributed by atoms with Crippen molar-refractivity contribution in [3.05, 3.63) is 0 Å². The number of rotatable bonds is 7. The highest BCUT2D eigenvalue weighted by molar-refractivity contribution is 5.67. The molecule has 136 valence electrons. The summed E-state index contributed by atoms with van der Waals surface area (Å²) in [5.41, 5.74) is 0.392. The third-order valence-corrected chi connectivity index (χ3v) is 5.92. The molecule has 1 amide bonds. The lowest BCUT2D eigenvalue weighted by atomic mass is 9.95. The van der Waals surface area contributed by atoms with Gasteiger partial charge in [-0.1, -0.05) is 41.5 Å². The molecule has 23 heavy (non-hydrogen) atoms. The van der Waals surface area contributed by atoms with E-state index in [1.54, 1.807) is 0 Å². The SMILES string of the molecule is CC(C)C(CNCC1C(C)(C)C1(C)C)CNC(=O)OC(C)(C)C. The predicted molar refractivity (Wildman–Crippen MR) is 96.5 cm³/mol. The van der Waals surface area contributed by atoms with Crippen LogP contribution >= 0.6 is 0 Å². The Hall–Kier alpha value is -0.770. The van der Waals surface area contributed by atoms with E-state index in [0.717, 1.165) is 19.0 Å². The molecule has 2 N–H and O–H groups in total. The molecule has 0 aliphatic heterocycles. The fraction of sp³-hybridized carbons (Fsp3) is 0.947. The molecule has 0 aromatic rings. The second-order valence-electron chi connectivity index (χ2n) is 9.54. The van der Waals surface area contributed by atoms with Gasteiger partial charge in [-0.2, -0.15) is 0 Å². The molecule has 1 unspecified atom stereocenters. The summed E-state index contributed by atoms with van der Waals surface area (Å²) in [4.78, 5) is 11.8. The van der Waals surface area contributed by atoms with Gasteiger partial charge in [-0.15, -0.1) is 0 Å². The van der Waals surface area contributed by atoms with E-state index in [9.17, 15) is 4.79 Å². The van der Waals surface area contributed by atoms with Crippen LogP contribution in [0, 0.1) is 28.6 Å². The fourth-order valence-electron chi connectivity index (χ4n) is 3.33. The molecule has 0 heterocycles. The van der Waals surface area contributed by atoms with Crippen molar-refractivity contribution in [1.82, 2.24) is 10.6 Å². The number of amides is 1. The van der Waals surface area contributed by atoms with Gasteiger partial charge in [0.2, 0.25) is 0 Å². The van der Waals surface area contributed by atoms with E-state index in [1.807, 2.05) is 20.8 Å². The minimum atomic E-state index is -0.446. The van der Waals surface area contributed by atoms with Crippen LogP contribution in [-0.2, 0) is 4.74 Å². The predicted octanol–water partition coefficient (Wildman–Crippen LogP) is 4.06. The van der Waals surface area contributed by atoms with Crippen LogP contribution in [0.5, 0.6) is 0 Å². The summed E-state index contributed by atoms with van der Waals surface area (Å²) in [7, 11) is 0. The van der Waals surface area contributed by atoms with Crippen molar-refractivity contribution in [2.24, 2.45) is 28.6 Å². The maximum absolute atomic E-state index is 11.8. The summed E-state index contributed by atoms with van der Waals surface area (Å²) in [5.74, 6) is 1.65. The van der Waals surface area contributed by atoms with Crippen LogP contribution in [0.3, 0.4) is 0 Å². The van der Waals surface area contributed by atoms with Crippen LogP contribution in [0.25, 0.3) is 0 Å². The second kappa shape index (κ2) is 7.00. The quantitative estimate of drug-likeness (QED) is 0.742. The van der Waals surface area contributed by atoms with E-state index in [4.69, 9.17) is 4.74 Å². The number of hydrogen-bond acceptors (Lipinski definition) is 3. The van der Waals surface area contributed by atoms with Crippen molar-refractivity contribution in [3.8, 4) is 0 Å². The van der Waals surface area contributed by atoms with E-state index >= 15 is 0 Å². The molecule has 0 saturated heterocycles. The largest absolute Gasteiger partial charge is 0.444 e. The van der Waals surface area contributed by atoms with Gasteiger partial charge in [0.05, 0.1) is 0 Å². The Kier molecular flexibility index (Phi) is 6.17. The molecule has 0 radical (unpaired) electrons. The maximum atomic E-state index is 11.8. The first-order chi connectivity index (χ1) is 10.3. The van der Waals surface area contributed by atoms with Gasteiger partial charge in [0.25, 0.3) is 0 Å². The van der Waals surface area contributed by atoms with E-state index in [0.29, 0.717) is 29.2 Å². The number of hydrogen-bond donors (Lipinski definition) is 2. The highest BCUT2D eigenvalue weighted by Gasteiger charge is 2.63. The molecule has 1 atom stereocenters. The van der Waals surface area contributed by atoms with Crippen LogP contribution in [-0.4, -0.2) is 31.3 Å². The van der Waals surface area contributed by atoms with Gasteiger partial charge in [-0.3, -0.25) is 0 Å². The second-order valence-corrected chi connectivity index (χ2v) is 9.54. The minimum absolute atomic E-state index is 0.326. The average Bonchev–Trinajstić information content (AvgIpc) is 2.72. The molecule has 0 spiro atoms. The molecular formula is C19H38N2O2. The Morgan fingerprint density at radius 3 is 2.00 bits per heavy atom. The standard InChI is InChI=1S/C19H38N2O2/c1-13(2)14(11-21-16(22)23-17(3,4)5)10-20-12-15-18(6,7)19(15,8)9/h13-15,20H,10-12H2,1-9H3,(H,21,22). The van der Waals surface area contributed by atoms with Crippen LogP contribution in [0.15, 0.2) is 0 Å². The number of nitrogens with one attached hydrogen (secondary N) is 2. The molecule has 0 aromatic heterocycles. The van der Waals surface area contributed by atoms with E-state index < -0.39 is 5.60 Å². The van der Waals surface area contributed by atoms with Crippen LogP contribution in [0.4, 0.5) is 4.79 Å². The molecule has 4 heteroatoms. The normalized spacial score (nSPS) is 21.1. The minimum Gasteiger partial charge on any atom is -0.444 e. The topological polar surface area (TPSA) is 50.4 Å². The molecule has 0 bridgehead atoms. The number of carbonyl (C=O) groups excluding carboxylic acids is 1. The first-order valence-corrected chi connectivity index (χ1v) is 8.96. The zero-order valence-corrected chi connectivity index (χ0v) is 16.7. The van der Waals surface area contributed by atoms with E-state index in [-0.39, 0.29) is 6.09 Å². The van der Waals surface area contributed by atoms with Crippen molar-refractivity contribution in [1.29, 1.82) is 0 Å². The van der Waals surface area contributed by atoms with Crippen LogP contribution < -0.4 is 10.6 Å². The van der Waals surface area contributed by atoms with Crippen molar-refractivity contribution in [2.75, 3.05) is 19.6 Å². The molecule has 4 nitrogen and oxygen atoms in total. The van der Waals surface area contributed by atoms with Gasteiger partial charge in [0, 0.05) is 6.54 Å². The summed E-state index contributed by atoms with van der Waals surface area (Å²) in [5, 5.41) is 6.53.